The Kier molecular flexibility index (Phi) is 6.06. The van der Waals surface area contributed by atoms with Crippen molar-refractivity contribution < 1.29 is 23.7 Å². The van der Waals surface area contributed by atoms with E-state index in [4.69, 9.17) is 18.9 Å². The van der Waals surface area contributed by atoms with Gasteiger partial charge in [-0.05, 0) is 50.2 Å². The first kappa shape index (κ1) is 18.9. The molecule has 6 nitrogen and oxygen atoms in total. The number of ether oxygens (including phenoxy) is 4. The van der Waals surface area contributed by atoms with Crippen molar-refractivity contribution in [2.45, 2.75) is 32.9 Å². The van der Waals surface area contributed by atoms with Gasteiger partial charge in [-0.15, -0.1) is 0 Å². The number of carbonyl (C=O) groups is 1. The second-order valence-corrected chi connectivity index (χ2v) is 6.37. The summed E-state index contributed by atoms with van der Waals surface area (Å²) in [5.74, 6) is 2.79. The predicted octanol–water partition coefficient (Wildman–Crippen LogP) is 3.11. The zero-order valence-electron chi connectivity index (χ0n) is 15.9. The van der Waals surface area contributed by atoms with E-state index in [2.05, 4.69) is 5.32 Å². The van der Waals surface area contributed by atoms with Crippen LogP contribution in [0.1, 0.15) is 25.0 Å². The highest BCUT2D eigenvalue weighted by atomic mass is 16.5. The average Bonchev–Trinajstić information content (AvgIpc) is 3.04. The molecule has 0 spiro atoms. The lowest BCUT2D eigenvalue weighted by molar-refractivity contribution is -0.123. The third-order valence-corrected chi connectivity index (χ3v) is 4.28. The SMILES string of the molecule is CCOc1cc2c(cc1CNC(=O)COc1ccc(OC)cc1)OC(C)C2. The lowest BCUT2D eigenvalue weighted by atomic mass is 10.1. The minimum atomic E-state index is -0.206. The van der Waals surface area contributed by atoms with E-state index >= 15 is 0 Å². The Labute approximate surface area is 159 Å². The van der Waals surface area contributed by atoms with Gasteiger partial charge in [0, 0.05) is 24.1 Å². The number of carbonyl (C=O) groups excluding carboxylic acids is 1. The molecule has 1 unspecified atom stereocenters. The number of amides is 1. The Morgan fingerprint density at radius 2 is 1.93 bits per heavy atom. The van der Waals surface area contributed by atoms with Crippen LogP contribution in [-0.2, 0) is 17.8 Å². The van der Waals surface area contributed by atoms with Crippen LogP contribution in [0.15, 0.2) is 36.4 Å². The number of hydrogen-bond donors (Lipinski definition) is 1. The van der Waals surface area contributed by atoms with Gasteiger partial charge in [0.2, 0.25) is 0 Å². The fraction of sp³-hybridized carbons (Fsp3) is 0.381. The Morgan fingerprint density at radius 1 is 1.19 bits per heavy atom. The van der Waals surface area contributed by atoms with Crippen LogP contribution in [0.25, 0.3) is 0 Å². The van der Waals surface area contributed by atoms with E-state index in [0.29, 0.717) is 18.9 Å². The lowest BCUT2D eigenvalue weighted by Crippen LogP contribution is -2.28. The minimum absolute atomic E-state index is 0.0607. The molecule has 2 aromatic rings. The number of methoxy groups -OCH3 is 1. The van der Waals surface area contributed by atoms with Gasteiger partial charge in [0.15, 0.2) is 6.61 Å². The first-order valence-electron chi connectivity index (χ1n) is 9.07. The zero-order valence-corrected chi connectivity index (χ0v) is 15.9. The van der Waals surface area contributed by atoms with Crippen molar-refractivity contribution in [1.82, 2.24) is 5.32 Å². The van der Waals surface area contributed by atoms with E-state index < -0.39 is 0 Å². The molecule has 0 saturated heterocycles. The Balaban J connectivity index is 1.57. The van der Waals surface area contributed by atoms with Gasteiger partial charge in [-0.3, -0.25) is 4.79 Å². The van der Waals surface area contributed by atoms with Crippen LogP contribution in [0.5, 0.6) is 23.0 Å². The molecule has 1 atom stereocenters. The van der Waals surface area contributed by atoms with E-state index in [0.717, 1.165) is 34.8 Å². The van der Waals surface area contributed by atoms with Crippen molar-refractivity contribution in [3.8, 4) is 23.0 Å². The smallest absolute Gasteiger partial charge is 0.258 e. The molecule has 0 aromatic heterocycles. The molecular weight excluding hydrogens is 346 g/mol. The molecule has 1 aliphatic heterocycles. The number of hydrogen-bond acceptors (Lipinski definition) is 5. The van der Waals surface area contributed by atoms with Gasteiger partial charge in [-0.1, -0.05) is 0 Å². The summed E-state index contributed by atoms with van der Waals surface area (Å²) in [6.07, 6.45) is 1.04. The van der Waals surface area contributed by atoms with E-state index in [1.807, 2.05) is 26.0 Å². The summed E-state index contributed by atoms with van der Waals surface area (Å²) in [4.78, 5) is 12.1. The van der Waals surface area contributed by atoms with Crippen molar-refractivity contribution >= 4 is 5.91 Å². The largest absolute Gasteiger partial charge is 0.497 e. The van der Waals surface area contributed by atoms with Crippen LogP contribution < -0.4 is 24.3 Å². The van der Waals surface area contributed by atoms with Gasteiger partial charge in [0.05, 0.1) is 13.7 Å². The quantitative estimate of drug-likeness (QED) is 0.772. The standard InChI is InChI=1S/C21H25NO5/c1-4-25-19-10-15-9-14(2)27-20(15)11-16(19)12-22-21(23)13-26-18-7-5-17(24-3)6-8-18/h5-8,10-11,14H,4,9,12-13H2,1-3H3,(H,22,23). The second kappa shape index (κ2) is 8.66. The van der Waals surface area contributed by atoms with Crippen molar-refractivity contribution in [1.29, 1.82) is 0 Å². The summed E-state index contributed by atoms with van der Waals surface area (Å²) < 4.78 is 22.1. The van der Waals surface area contributed by atoms with Crippen LogP contribution in [0.3, 0.4) is 0 Å². The number of fused-ring (bicyclic) bond motifs is 1. The van der Waals surface area contributed by atoms with E-state index in [9.17, 15) is 4.79 Å². The zero-order chi connectivity index (χ0) is 19.2. The Hall–Kier alpha value is -2.89. The molecule has 2 aromatic carbocycles. The van der Waals surface area contributed by atoms with E-state index in [1.165, 1.54) is 0 Å². The summed E-state index contributed by atoms with van der Waals surface area (Å²) in [7, 11) is 1.60. The Morgan fingerprint density at radius 3 is 2.63 bits per heavy atom. The molecule has 6 heteroatoms. The molecule has 1 heterocycles. The third kappa shape index (κ3) is 4.84. The third-order valence-electron chi connectivity index (χ3n) is 4.28. The van der Waals surface area contributed by atoms with Gasteiger partial charge in [-0.25, -0.2) is 0 Å². The highest BCUT2D eigenvalue weighted by molar-refractivity contribution is 5.77. The van der Waals surface area contributed by atoms with Gasteiger partial charge < -0.3 is 24.3 Å². The van der Waals surface area contributed by atoms with Crippen LogP contribution in [0.2, 0.25) is 0 Å². The molecule has 0 fully saturated rings. The molecule has 144 valence electrons. The van der Waals surface area contributed by atoms with Crippen LogP contribution >= 0.6 is 0 Å². The second-order valence-electron chi connectivity index (χ2n) is 6.37. The molecule has 1 aliphatic rings. The van der Waals surface area contributed by atoms with Crippen molar-refractivity contribution in [2.75, 3.05) is 20.3 Å². The van der Waals surface area contributed by atoms with E-state index in [-0.39, 0.29) is 18.6 Å². The van der Waals surface area contributed by atoms with Crippen molar-refractivity contribution in [3.63, 3.8) is 0 Å². The first-order valence-corrected chi connectivity index (χ1v) is 9.07. The summed E-state index contributed by atoms with van der Waals surface area (Å²) >= 11 is 0. The first-order chi connectivity index (χ1) is 13.1. The highest BCUT2D eigenvalue weighted by Gasteiger charge is 2.22. The maximum Gasteiger partial charge on any atom is 0.258 e. The van der Waals surface area contributed by atoms with Crippen molar-refractivity contribution in [3.05, 3.63) is 47.5 Å². The molecule has 1 N–H and O–H groups in total. The monoisotopic (exact) mass is 371 g/mol. The topological polar surface area (TPSA) is 66.0 Å². The molecule has 1 amide bonds. The number of benzene rings is 2. The molecular formula is C21H25NO5. The maximum absolute atomic E-state index is 12.1. The molecule has 0 aliphatic carbocycles. The van der Waals surface area contributed by atoms with Crippen LogP contribution in [0, 0.1) is 0 Å². The minimum Gasteiger partial charge on any atom is -0.497 e. The fourth-order valence-corrected chi connectivity index (χ4v) is 2.98. The summed E-state index contributed by atoms with van der Waals surface area (Å²) in [5.41, 5.74) is 2.03. The normalized spacial score (nSPS) is 14.9. The van der Waals surface area contributed by atoms with Gasteiger partial charge >= 0.3 is 0 Å². The van der Waals surface area contributed by atoms with Crippen molar-refractivity contribution in [2.24, 2.45) is 0 Å². The molecule has 0 radical (unpaired) electrons. The van der Waals surface area contributed by atoms with E-state index in [1.54, 1.807) is 31.4 Å². The molecule has 0 saturated carbocycles. The van der Waals surface area contributed by atoms with Gasteiger partial charge in [-0.2, -0.15) is 0 Å². The number of nitrogens with one attached hydrogen (secondary N) is 1. The molecule has 3 rings (SSSR count). The number of rotatable bonds is 8. The van der Waals surface area contributed by atoms with Gasteiger partial charge in [0.1, 0.15) is 29.1 Å². The fourth-order valence-electron chi connectivity index (χ4n) is 2.98. The Bertz CT molecular complexity index is 788. The van der Waals surface area contributed by atoms with Gasteiger partial charge in [0.25, 0.3) is 5.91 Å². The predicted molar refractivity (Wildman–Crippen MR) is 102 cm³/mol. The summed E-state index contributed by atoms with van der Waals surface area (Å²) in [6, 6.07) is 11.1. The molecule has 0 bridgehead atoms. The van der Waals surface area contributed by atoms with Crippen LogP contribution in [-0.4, -0.2) is 32.3 Å². The highest BCUT2D eigenvalue weighted by Crippen LogP contribution is 2.35. The van der Waals surface area contributed by atoms with Crippen LogP contribution in [0.4, 0.5) is 0 Å². The average molecular weight is 371 g/mol. The summed E-state index contributed by atoms with van der Waals surface area (Å²) in [5, 5.41) is 2.87. The summed E-state index contributed by atoms with van der Waals surface area (Å²) in [6.45, 7) is 4.84. The maximum atomic E-state index is 12.1. The lowest BCUT2D eigenvalue weighted by Gasteiger charge is -2.13. The molecule has 27 heavy (non-hydrogen) atoms.